The Balaban J connectivity index is 1.89. The Bertz CT molecular complexity index is 760. The van der Waals surface area contributed by atoms with Crippen LogP contribution in [0.4, 0.5) is 5.13 Å². The maximum absolute atomic E-state index is 12.1. The predicted molar refractivity (Wildman–Crippen MR) is 73.3 cm³/mol. The zero-order chi connectivity index (χ0) is 13.4. The van der Waals surface area contributed by atoms with E-state index in [0.29, 0.717) is 10.7 Å². The first kappa shape index (κ1) is 11.8. The van der Waals surface area contributed by atoms with Crippen LogP contribution in [0, 0.1) is 6.92 Å². The second kappa shape index (κ2) is 4.43. The fourth-order valence-electron chi connectivity index (χ4n) is 1.79. The van der Waals surface area contributed by atoms with Gasteiger partial charge in [0.1, 0.15) is 5.01 Å². The van der Waals surface area contributed by atoms with Crippen LogP contribution in [0.15, 0.2) is 24.5 Å². The Hall–Kier alpha value is -2.28. The van der Waals surface area contributed by atoms with E-state index < -0.39 is 0 Å². The minimum atomic E-state index is -0.205. The minimum absolute atomic E-state index is 0.205. The largest absolute Gasteiger partial charge is 0.334 e. The van der Waals surface area contributed by atoms with Crippen molar-refractivity contribution in [2.45, 2.75) is 6.92 Å². The Morgan fingerprint density at radius 1 is 1.37 bits per heavy atom. The van der Waals surface area contributed by atoms with Gasteiger partial charge in [0.25, 0.3) is 5.91 Å². The molecule has 0 unspecified atom stereocenters. The molecule has 1 aromatic carbocycles. The Morgan fingerprint density at radius 2 is 2.21 bits per heavy atom. The molecule has 0 aliphatic rings. The lowest BCUT2D eigenvalue weighted by Gasteiger charge is -2.01. The molecule has 0 saturated heterocycles. The summed E-state index contributed by atoms with van der Waals surface area (Å²) in [5.74, 6) is -0.205. The van der Waals surface area contributed by atoms with Gasteiger partial charge in [-0.25, -0.2) is 4.98 Å². The third-order valence-electron chi connectivity index (χ3n) is 2.73. The van der Waals surface area contributed by atoms with E-state index in [0.717, 1.165) is 16.0 Å². The molecule has 2 aromatic heterocycles. The average Bonchev–Trinajstić information content (AvgIpc) is 2.96. The fourth-order valence-corrected chi connectivity index (χ4v) is 2.38. The second-order valence-electron chi connectivity index (χ2n) is 4.14. The summed E-state index contributed by atoms with van der Waals surface area (Å²) in [4.78, 5) is 16.3. The van der Waals surface area contributed by atoms with Crippen molar-refractivity contribution < 1.29 is 4.79 Å². The number of rotatable bonds is 2. The summed E-state index contributed by atoms with van der Waals surface area (Å²) >= 11 is 1.34. The van der Waals surface area contributed by atoms with Crippen molar-refractivity contribution >= 4 is 33.4 Å². The summed E-state index contributed by atoms with van der Waals surface area (Å²) in [6, 6.07) is 5.41. The van der Waals surface area contributed by atoms with E-state index in [-0.39, 0.29) is 5.91 Å². The Labute approximate surface area is 113 Å². The monoisotopic (exact) mass is 273 g/mol. The standard InChI is InChI=1S/C12H11N5OS/c1-7-15-16-12(19-7)14-11(18)8-3-4-10-9(5-8)13-6-17(10)2/h3-6H,1-2H3,(H,14,16,18). The van der Waals surface area contributed by atoms with Crippen LogP contribution in [0.2, 0.25) is 0 Å². The van der Waals surface area contributed by atoms with Gasteiger partial charge in [0, 0.05) is 12.6 Å². The molecule has 0 atom stereocenters. The molecular weight excluding hydrogens is 262 g/mol. The summed E-state index contributed by atoms with van der Waals surface area (Å²) < 4.78 is 1.91. The highest BCUT2D eigenvalue weighted by Crippen LogP contribution is 2.17. The van der Waals surface area contributed by atoms with Crippen molar-refractivity contribution in [3.8, 4) is 0 Å². The number of amides is 1. The van der Waals surface area contributed by atoms with Crippen LogP contribution in [0.5, 0.6) is 0 Å². The zero-order valence-electron chi connectivity index (χ0n) is 10.4. The molecule has 0 radical (unpaired) electrons. The molecule has 0 aliphatic heterocycles. The summed E-state index contributed by atoms with van der Waals surface area (Å²) in [6.07, 6.45) is 1.72. The molecule has 0 aliphatic carbocycles. The molecule has 6 nitrogen and oxygen atoms in total. The number of benzene rings is 1. The average molecular weight is 273 g/mol. The molecule has 96 valence electrons. The van der Waals surface area contributed by atoms with Crippen LogP contribution in [0.3, 0.4) is 0 Å². The van der Waals surface area contributed by atoms with Crippen molar-refractivity contribution in [1.82, 2.24) is 19.7 Å². The lowest BCUT2D eigenvalue weighted by Crippen LogP contribution is -2.11. The first-order chi connectivity index (χ1) is 9.13. The Morgan fingerprint density at radius 3 is 2.95 bits per heavy atom. The molecule has 1 amide bonds. The molecule has 3 rings (SSSR count). The minimum Gasteiger partial charge on any atom is -0.334 e. The highest BCUT2D eigenvalue weighted by Gasteiger charge is 2.10. The lowest BCUT2D eigenvalue weighted by molar-refractivity contribution is 0.102. The first-order valence-electron chi connectivity index (χ1n) is 5.66. The number of aryl methyl sites for hydroxylation is 2. The van der Waals surface area contributed by atoms with E-state index in [4.69, 9.17) is 0 Å². The van der Waals surface area contributed by atoms with Gasteiger partial charge in [0.2, 0.25) is 5.13 Å². The smallest absolute Gasteiger partial charge is 0.257 e. The summed E-state index contributed by atoms with van der Waals surface area (Å²) in [5, 5.41) is 11.8. The summed E-state index contributed by atoms with van der Waals surface area (Å²) in [7, 11) is 1.92. The highest BCUT2D eigenvalue weighted by atomic mass is 32.1. The third-order valence-corrected chi connectivity index (χ3v) is 3.49. The molecule has 0 fully saturated rings. The van der Waals surface area contributed by atoms with Crippen LogP contribution in [-0.4, -0.2) is 25.7 Å². The predicted octanol–water partition coefficient (Wildman–Crippen LogP) is 1.99. The SMILES string of the molecule is Cc1nnc(NC(=O)c2ccc3c(c2)ncn3C)s1. The fraction of sp³-hybridized carbons (Fsp3) is 0.167. The quantitative estimate of drug-likeness (QED) is 0.775. The van der Waals surface area contributed by atoms with Gasteiger partial charge >= 0.3 is 0 Å². The van der Waals surface area contributed by atoms with Gasteiger partial charge in [-0.05, 0) is 25.1 Å². The van der Waals surface area contributed by atoms with E-state index in [1.807, 2.05) is 24.6 Å². The molecular formula is C12H11N5OS. The van der Waals surface area contributed by atoms with Gasteiger partial charge in [-0.3, -0.25) is 10.1 Å². The Kier molecular flexibility index (Phi) is 2.75. The van der Waals surface area contributed by atoms with Gasteiger partial charge in [-0.15, -0.1) is 10.2 Å². The van der Waals surface area contributed by atoms with Crippen LogP contribution >= 0.6 is 11.3 Å². The van der Waals surface area contributed by atoms with Gasteiger partial charge in [-0.1, -0.05) is 11.3 Å². The van der Waals surface area contributed by atoms with E-state index in [9.17, 15) is 4.79 Å². The molecule has 1 N–H and O–H groups in total. The van der Waals surface area contributed by atoms with Gasteiger partial charge in [0.15, 0.2) is 0 Å². The third kappa shape index (κ3) is 2.19. The van der Waals surface area contributed by atoms with Crippen molar-refractivity contribution in [2.75, 3.05) is 5.32 Å². The number of fused-ring (bicyclic) bond motifs is 1. The molecule has 7 heteroatoms. The van der Waals surface area contributed by atoms with Crippen molar-refractivity contribution in [3.05, 3.63) is 35.1 Å². The number of imidazole rings is 1. The summed E-state index contributed by atoms with van der Waals surface area (Å²) in [5.41, 5.74) is 2.34. The zero-order valence-corrected chi connectivity index (χ0v) is 11.2. The lowest BCUT2D eigenvalue weighted by atomic mass is 10.2. The molecule has 0 bridgehead atoms. The highest BCUT2D eigenvalue weighted by molar-refractivity contribution is 7.15. The van der Waals surface area contributed by atoms with Crippen molar-refractivity contribution in [3.63, 3.8) is 0 Å². The molecule has 0 saturated carbocycles. The van der Waals surface area contributed by atoms with E-state index in [1.54, 1.807) is 18.5 Å². The number of aromatic nitrogens is 4. The van der Waals surface area contributed by atoms with Crippen LogP contribution in [0.25, 0.3) is 11.0 Å². The first-order valence-corrected chi connectivity index (χ1v) is 6.47. The van der Waals surface area contributed by atoms with Crippen LogP contribution < -0.4 is 5.32 Å². The van der Waals surface area contributed by atoms with Gasteiger partial charge in [-0.2, -0.15) is 0 Å². The number of carbonyl (C=O) groups excluding carboxylic acids is 1. The number of nitrogens with zero attached hydrogens (tertiary/aromatic N) is 4. The van der Waals surface area contributed by atoms with Crippen molar-refractivity contribution in [2.24, 2.45) is 7.05 Å². The maximum atomic E-state index is 12.1. The van der Waals surface area contributed by atoms with Gasteiger partial charge < -0.3 is 4.57 Å². The number of hydrogen-bond acceptors (Lipinski definition) is 5. The van der Waals surface area contributed by atoms with Crippen molar-refractivity contribution in [1.29, 1.82) is 0 Å². The van der Waals surface area contributed by atoms with E-state index in [1.165, 1.54) is 11.3 Å². The molecule has 19 heavy (non-hydrogen) atoms. The topological polar surface area (TPSA) is 72.7 Å². The maximum Gasteiger partial charge on any atom is 0.257 e. The normalized spacial score (nSPS) is 10.8. The second-order valence-corrected chi connectivity index (χ2v) is 5.32. The number of anilines is 1. The molecule has 3 aromatic rings. The van der Waals surface area contributed by atoms with Gasteiger partial charge in [0.05, 0.1) is 17.4 Å². The summed E-state index contributed by atoms with van der Waals surface area (Å²) in [6.45, 7) is 1.84. The molecule has 0 spiro atoms. The van der Waals surface area contributed by atoms with Crippen LogP contribution in [-0.2, 0) is 7.05 Å². The van der Waals surface area contributed by atoms with E-state index >= 15 is 0 Å². The number of nitrogens with one attached hydrogen (secondary N) is 1. The van der Waals surface area contributed by atoms with Crippen LogP contribution in [0.1, 0.15) is 15.4 Å². The molecule has 2 heterocycles. The number of hydrogen-bond donors (Lipinski definition) is 1. The number of carbonyl (C=O) groups is 1. The van der Waals surface area contributed by atoms with E-state index in [2.05, 4.69) is 20.5 Å².